The van der Waals surface area contributed by atoms with E-state index in [0.29, 0.717) is 10.8 Å². The van der Waals surface area contributed by atoms with Gasteiger partial charge in [-0.1, -0.05) is 56.5 Å². The number of benzene rings is 1. The molecule has 1 aromatic rings. The van der Waals surface area contributed by atoms with Crippen LogP contribution in [-0.4, -0.2) is 23.5 Å². The first-order valence-corrected chi connectivity index (χ1v) is 10.1. The summed E-state index contributed by atoms with van der Waals surface area (Å²) in [5.74, 6) is 1.38. The number of carbonyl (C=O) groups is 1. The van der Waals surface area contributed by atoms with E-state index in [4.69, 9.17) is 34.3 Å². The third kappa shape index (κ3) is 7.89. The second-order valence-electron chi connectivity index (χ2n) is 6.83. The molecule has 144 valence electrons. The zero-order valence-electron chi connectivity index (χ0n) is 15.0. The zero-order chi connectivity index (χ0) is 18.8. The van der Waals surface area contributed by atoms with Gasteiger partial charge in [0.15, 0.2) is 10.9 Å². The quantitative estimate of drug-likeness (QED) is 0.412. The highest BCUT2D eigenvalue weighted by atomic mass is 35.5. The Bertz CT molecular complexity index is 577. The molecule has 1 aliphatic carbocycles. The van der Waals surface area contributed by atoms with Crippen molar-refractivity contribution in [2.75, 3.05) is 6.61 Å². The molecule has 0 radical (unpaired) electrons. The number of nitrogens with two attached hydrogens (primary N) is 1. The highest BCUT2D eigenvalue weighted by Gasteiger charge is 2.20. The molecule has 0 bridgehead atoms. The van der Waals surface area contributed by atoms with Gasteiger partial charge in [-0.2, -0.15) is 0 Å². The molecule has 0 saturated heterocycles. The summed E-state index contributed by atoms with van der Waals surface area (Å²) >= 11 is 10.7. The Morgan fingerprint density at radius 3 is 2.62 bits per heavy atom. The highest BCUT2D eigenvalue weighted by molar-refractivity contribution is 7.80. The summed E-state index contributed by atoms with van der Waals surface area (Å²) in [5.41, 5.74) is 11.1. The lowest BCUT2D eigenvalue weighted by molar-refractivity contribution is -0.123. The van der Waals surface area contributed by atoms with Crippen molar-refractivity contribution in [1.82, 2.24) is 10.9 Å². The van der Waals surface area contributed by atoms with E-state index in [2.05, 4.69) is 10.9 Å². The first kappa shape index (κ1) is 20.9. The van der Waals surface area contributed by atoms with Crippen LogP contribution in [0.25, 0.3) is 0 Å². The Morgan fingerprint density at radius 1 is 1.27 bits per heavy atom. The number of nitrogens with one attached hydrogen (secondary N) is 2. The maximum atomic E-state index is 12.5. The topological polar surface area (TPSA) is 76.4 Å². The fourth-order valence-electron chi connectivity index (χ4n) is 3.34. The van der Waals surface area contributed by atoms with E-state index in [1.165, 1.54) is 32.1 Å². The number of ether oxygens (including phenoxy) is 1. The molecule has 0 aliphatic heterocycles. The molecule has 1 aliphatic rings. The van der Waals surface area contributed by atoms with Gasteiger partial charge in [-0.3, -0.25) is 10.2 Å². The predicted molar refractivity (Wildman–Crippen MR) is 109 cm³/mol. The molecule has 26 heavy (non-hydrogen) atoms. The number of carbonyl (C=O) groups excluding carboxylic acids is 1. The van der Waals surface area contributed by atoms with E-state index in [1.54, 1.807) is 24.3 Å². The van der Waals surface area contributed by atoms with Crippen LogP contribution < -0.4 is 21.3 Å². The minimum absolute atomic E-state index is 0.0122. The van der Waals surface area contributed by atoms with E-state index >= 15 is 0 Å². The molecule has 1 atom stereocenters. The average molecular weight is 398 g/mol. The van der Waals surface area contributed by atoms with Gasteiger partial charge in [0.1, 0.15) is 12.4 Å². The molecule has 0 amide bonds. The van der Waals surface area contributed by atoms with E-state index < -0.39 is 0 Å². The first-order chi connectivity index (χ1) is 12.5. The predicted octanol–water partition coefficient (Wildman–Crippen LogP) is 3.74. The molecular weight excluding hydrogens is 370 g/mol. The number of ketones is 1. The lowest BCUT2D eigenvalue weighted by atomic mass is 9.85. The van der Waals surface area contributed by atoms with Crippen LogP contribution in [0.5, 0.6) is 5.75 Å². The molecule has 1 saturated carbocycles. The summed E-state index contributed by atoms with van der Waals surface area (Å²) in [6.07, 6.45) is 9.55. The number of hydrazine groups is 1. The van der Waals surface area contributed by atoms with Gasteiger partial charge in [-0.05, 0) is 48.8 Å². The van der Waals surface area contributed by atoms with Crippen LogP contribution in [0.3, 0.4) is 0 Å². The molecular formula is C19H28ClN3O2S. The van der Waals surface area contributed by atoms with Crippen LogP contribution in [-0.2, 0) is 4.79 Å². The first-order valence-electron chi connectivity index (χ1n) is 9.26. The third-order valence-corrected chi connectivity index (χ3v) is 5.14. The van der Waals surface area contributed by atoms with Crippen molar-refractivity contribution in [3.63, 3.8) is 0 Å². The summed E-state index contributed by atoms with van der Waals surface area (Å²) in [4.78, 5) is 12.5. The zero-order valence-corrected chi connectivity index (χ0v) is 16.6. The van der Waals surface area contributed by atoms with E-state index in [0.717, 1.165) is 25.2 Å². The van der Waals surface area contributed by atoms with Crippen molar-refractivity contribution in [3.05, 3.63) is 29.3 Å². The Morgan fingerprint density at radius 2 is 1.96 bits per heavy atom. The molecule has 0 aromatic heterocycles. The van der Waals surface area contributed by atoms with E-state index in [1.807, 2.05) is 0 Å². The van der Waals surface area contributed by atoms with E-state index in [9.17, 15) is 4.79 Å². The standard InChI is InChI=1S/C19H28ClN3O2S/c20-15-9-11-16(12-10-15)25-13-18(24)17(22-23-19(21)26)8-4-7-14-5-2-1-3-6-14/h9-12,14,17,22H,1-8,13H2,(H3,21,23,26). The van der Waals surface area contributed by atoms with Gasteiger partial charge >= 0.3 is 0 Å². The normalized spacial score (nSPS) is 16.0. The smallest absolute Gasteiger partial charge is 0.188 e. The van der Waals surface area contributed by atoms with Crippen molar-refractivity contribution < 1.29 is 9.53 Å². The molecule has 2 rings (SSSR count). The summed E-state index contributed by atoms with van der Waals surface area (Å²) < 4.78 is 5.57. The molecule has 1 unspecified atom stereocenters. The molecule has 4 N–H and O–H groups in total. The largest absolute Gasteiger partial charge is 0.486 e. The Hall–Kier alpha value is -1.37. The Kier molecular flexibility index (Phi) is 9.15. The van der Waals surface area contributed by atoms with Crippen LogP contribution in [0, 0.1) is 5.92 Å². The Balaban J connectivity index is 1.80. The van der Waals surface area contributed by atoms with Gasteiger partial charge in [0, 0.05) is 5.02 Å². The lowest BCUT2D eigenvalue weighted by Crippen LogP contribution is -2.51. The minimum Gasteiger partial charge on any atom is -0.486 e. The molecule has 1 aromatic carbocycles. The third-order valence-electron chi connectivity index (χ3n) is 4.78. The fourth-order valence-corrected chi connectivity index (χ4v) is 3.53. The monoisotopic (exact) mass is 397 g/mol. The van der Waals surface area contributed by atoms with E-state index in [-0.39, 0.29) is 23.5 Å². The van der Waals surface area contributed by atoms with Crippen molar-refractivity contribution in [2.45, 2.75) is 57.4 Å². The van der Waals surface area contributed by atoms with Crippen LogP contribution in [0.4, 0.5) is 0 Å². The summed E-state index contributed by atoms with van der Waals surface area (Å²) in [6, 6.07) is 6.57. The van der Waals surface area contributed by atoms with Gasteiger partial charge < -0.3 is 10.5 Å². The SMILES string of the molecule is NC(=S)NNC(CCCC1CCCCC1)C(=O)COc1ccc(Cl)cc1. The molecule has 7 heteroatoms. The molecule has 0 spiro atoms. The lowest BCUT2D eigenvalue weighted by Gasteiger charge is -2.23. The maximum absolute atomic E-state index is 12.5. The number of rotatable bonds is 10. The van der Waals surface area contributed by atoms with Crippen molar-refractivity contribution in [2.24, 2.45) is 11.7 Å². The molecule has 1 fully saturated rings. The van der Waals surface area contributed by atoms with Gasteiger partial charge in [-0.15, -0.1) is 0 Å². The van der Waals surface area contributed by atoms with Crippen molar-refractivity contribution >= 4 is 34.7 Å². The van der Waals surface area contributed by atoms with Gasteiger partial charge in [-0.25, -0.2) is 5.43 Å². The van der Waals surface area contributed by atoms with Crippen molar-refractivity contribution in [1.29, 1.82) is 0 Å². The number of thiocarbonyl (C=S) groups is 1. The second kappa shape index (κ2) is 11.4. The average Bonchev–Trinajstić information content (AvgIpc) is 2.64. The van der Waals surface area contributed by atoms with Crippen LogP contribution >= 0.6 is 23.8 Å². The molecule has 0 heterocycles. The second-order valence-corrected chi connectivity index (χ2v) is 7.71. The number of hydrogen-bond acceptors (Lipinski definition) is 4. The van der Waals surface area contributed by atoms with Gasteiger partial charge in [0.05, 0.1) is 6.04 Å². The van der Waals surface area contributed by atoms with Gasteiger partial charge in [0.2, 0.25) is 0 Å². The molecule has 5 nitrogen and oxygen atoms in total. The maximum Gasteiger partial charge on any atom is 0.188 e. The highest BCUT2D eigenvalue weighted by Crippen LogP contribution is 2.28. The van der Waals surface area contributed by atoms with Crippen LogP contribution in [0.1, 0.15) is 51.4 Å². The minimum atomic E-state index is -0.382. The van der Waals surface area contributed by atoms with Gasteiger partial charge in [0.25, 0.3) is 0 Å². The summed E-state index contributed by atoms with van der Waals surface area (Å²) in [7, 11) is 0. The number of hydrogen-bond donors (Lipinski definition) is 3. The van der Waals surface area contributed by atoms with Crippen molar-refractivity contribution in [3.8, 4) is 5.75 Å². The number of Topliss-reactive ketones (excluding diaryl/α,β-unsaturated/α-hetero) is 1. The summed E-state index contributed by atoms with van der Waals surface area (Å²) in [6.45, 7) is -0.0122. The fraction of sp³-hybridized carbons (Fsp3) is 0.579. The van der Waals surface area contributed by atoms with Crippen LogP contribution in [0.15, 0.2) is 24.3 Å². The Labute approximate surface area is 166 Å². The van der Waals surface area contributed by atoms with Crippen LogP contribution in [0.2, 0.25) is 5.02 Å². The number of halogens is 1. The summed E-state index contributed by atoms with van der Waals surface area (Å²) in [5, 5.41) is 0.750.